The minimum Gasteiger partial charge on any atom is -0.481 e. The van der Waals surface area contributed by atoms with Crippen LogP contribution < -0.4 is 10.6 Å². The zero-order valence-electron chi connectivity index (χ0n) is 17.6. The second kappa shape index (κ2) is 9.74. The molecule has 0 bridgehead atoms. The number of benzene rings is 1. The lowest BCUT2D eigenvalue weighted by atomic mass is 10.1. The van der Waals surface area contributed by atoms with E-state index < -0.39 is 30.2 Å². The topological polar surface area (TPSA) is 115 Å². The summed E-state index contributed by atoms with van der Waals surface area (Å²) in [6, 6.07) is 6.26. The summed E-state index contributed by atoms with van der Waals surface area (Å²) >= 11 is 0. The van der Waals surface area contributed by atoms with Crippen LogP contribution >= 0.6 is 0 Å². The van der Waals surface area contributed by atoms with Crippen molar-refractivity contribution in [1.82, 2.24) is 5.32 Å². The molecule has 30 heavy (non-hydrogen) atoms. The lowest BCUT2D eigenvalue weighted by Crippen LogP contribution is -2.44. The Labute approximate surface area is 176 Å². The number of fused-ring (bicyclic) bond motifs is 1. The van der Waals surface area contributed by atoms with Crippen molar-refractivity contribution in [1.29, 1.82) is 0 Å². The van der Waals surface area contributed by atoms with Crippen molar-refractivity contribution < 1.29 is 33.6 Å². The van der Waals surface area contributed by atoms with Gasteiger partial charge in [0, 0.05) is 18.8 Å². The molecule has 1 aromatic carbocycles. The van der Waals surface area contributed by atoms with Gasteiger partial charge in [0.1, 0.15) is 18.3 Å². The zero-order valence-corrected chi connectivity index (χ0v) is 17.6. The summed E-state index contributed by atoms with van der Waals surface area (Å²) in [4.78, 5) is 23.0. The van der Waals surface area contributed by atoms with Gasteiger partial charge in [-0.3, -0.25) is 4.79 Å². The highest BCUT2D eigenvalue weighted by molar-refractivity contribution is 5.89. The van der Waals surface area contributed by atoms with E-state index in [1.807, 2.05) is 13.8 Å². The van der Waals surface area contributed by atoms with Crippen molar-refractivity contribution in [3.8, 4) is 0 Å². The molecule has 0 aliphatic carbocycles. The molecule has 2 aliphatic heterocycles. The first kappa shape index (κ1) is 22.5. The van der Waals surface area contributed by atoms with Crippen LogP contribution in [0.3, 0.4) is 0 Å². The largest absolute Gasteiger partial charge is 0.481 e. The maximum Gasteiger partial charge on any atom is 0.319 e. The highest BCUT2D eigenvalue weighted by Crippen LogP contribution is 2.38. The van der Waals surface area contributed by atoms with Crippen LogP contribution in [0.25, 0.3) is 0 Å². The molecule has 0 saturated carbocycles. The van der Waals surface area contributed by atoms with Gasteiger partial charge in [0.05, 0.1) is 6.42 Å². The van der Waals surface area contributed by atoms with E-state index >= 15 is 0 Å². The van der Waals surface area contributed by atoms with Gasteiger partial charge in [-0.05, 0) is 38.0 Å². The highest BCUT2D eigenvalue weighted by Gasteiger charge is 2.55. The number of carbonyl (C=O) groups is 2. The summed E-state index contributed by atoms with van der Waals surface area (Å²) in [6.07, 6.45) is 0.290. The van der Waals surface area contributed by atoms with E-state index in [9.17, 15) is 9.59 Å². The molecule has 0 aromatic heterocycles. The molecule has 3 N–H and O–H groups in total. The monoisotopic (exact) mass is 422 g/mol. The molecule has 9 nitrogen and oxygen atoms in total. The van der Waals surface area contributed by atoms with E-state index in [-0.39, 0.29) is 25.2 Å². The van der Waals surface area contributed by atoms with Gasteiger partial charge < -0.3 is 34.7 Å². The molecule has 166 valence electrons. The van der Waals surface area contributed by atoms with E-state index in [4.69, 9.17) is 24.1 Å². The number of carboxylic acid groups (broad SMARTS) is 1. The van der Waals surface area contributed by atoms with Gasteiger partial charge in [0.2, 0.25) is 0 Å². The second-order valence-electron chi connectivity index (χ2n) is 7.93. The molecular formula is C21H30N2O7. The standard InChI is InChI=1S/C21H30N2O7/c1-4-5-10-27-17-15(28-19-18(17)29-21(2,3)30-19)12-22-20(26)23-14-8-6-13(7-9-14)11-16(24)25/h6-9,15,17-19H,4-5,10-12H2,1-3H3,(H,24,25)(H2,22,23,26)/t15-,17+,18-,19-/m1/s1. The van der Waals surface area contributed by atoms with Gasteiger partial charge in [-0.1, -0.05) is 25.5 Å². The van der Waals surface area contributed by atoms with Gasteiger partial charge in [0.25, 0.3) is 0 Å². The Balaban J connectivity index is 1.51. The molecule has 0 radical (unpaired) electrons. The summed E-state index contributed by atoms with van der Waals surface area (Å²) in [6.45, 7) is 6.58. The summed E-state index contributed by atoms with van der Waals surface area (Å²) in [5, 5.41) is 14.3. The fourth-order valence-corrected chi connectivity index (χ4v) is 3.53. The number of hydrogen-bond acceptors (Lipinski definition) is 6. The van der Waals surface area contributed by atoms with E-state index in [1.54, 1.807) is 24.3 Å². The SMILES string of the molecule is CCCCO[C@@H]1[C@H]2OC(C)(C)O[C@H]2O[C@@H]1CNC(=O)Nc1ccc(CC(=O)O)cc1. The summed E-state index contributed by atoms with van der Waals surface area (Å²) in [7, 11) is 0. The molecule has 2 heterocycles. The van der Waals surface area contributed by atoms with Gasteiger partial charge >= 0.3 is 12.0 Å². The number of amides is 2. The smallest absolute Gasteiger partial charge is 0.319 e. The molecule has 9 heteroatoms. The van der Waals surface area contributed by atoms with Crippen LogP contribution in [0.5, 0.6) is 0 Å². The van der Waals surface area contributed by atoms with Crippen LogP contribution in [0.2, 0.25) is 0 Å². The molecule has 0 spiro atoms. The Morgan fingerprint density at radius 1 is 1.20 bits per heavy atom. The molecule has 1 aromatic rings. The first-order chi connectivity index (χ1) is 14.3. The molecular weight excluding hydrogens is 392 g/mol. The number of carbonyl (C=O) groups excluding carboxylic acids is 1. The van der Waals surface area contributed by atoms with E-state index in [0.717, 1.165) is 12.8 Å². The van der Waals surface area contributed by atoms with Crippen LogP contribution in [0.1, 0.15) is 39.2 Å². The number of carboxylic acids is 1. The first-order valence-electron chi connectivity index (χ1n) is 10.3. The Hall–Kier alpha value is -2.20. The van der Waals surface area contributed by atoms with Crippen LogP contribution in [0.15, 0.2) is 24.3 Å². The third-order valence-corrected chi connectivity index (χ3v) is 4.93. The lowest BCUT2D eigenvalue weighted by molar-refractivity contribution is -0.217. The first-order valence-corrected chi connectivity index (χ1v) is 10.3. The Bertz CT molecular complexity index is 737. The maximum absolute atomic E-state index is 12.3. The zero-order chi connectivity index (χ0) is 21.7. The minimum atomic E-state index is -0.901. The predicted molar refractivity (Wildman–Crippen MR) is 108 cm³/mol. The van der Waals surface area contributed by atoms with Gasteiger partial charge in [-0.25, -0.2) is 4.79 Å². The number of hydrogen-bond donors (Lipinski definition) is 3. The second-order valence-corrected chi connectivity index (χ2v) is 7.93. The summed E-state index contributed by atoms with van der Waals surface area (Å²) < 4.78 is 23.7. The van der Waals surface area contributed by atoms with Crippen LogP contribution in [-0.4, -0.2) is 60.6 Å². The van der Waals surface area contributed by atoms with Crippen molar-refractivity contribution in [3.05, 3.63) is 29.8 Å². The molecule has 2 amide bonds. The van der Waals surface area contributed by atoms with E-state index in [2.05, 4.69) is 17.6 Å². The van der Waals surface area contributed by atoms with Crippen molar-refractivity contribution >= 4 is 17.7 Å². The van der Waals surface area contributed by atoms with Crippen LogP contribution in [-0.2, 0) is 30.2 Å². The van der Waals surface area contributed by atoms with E-state index in [1.165, 1.54) is 0 Å². The molecule has 3 rings (SSSR count). The van der Waals surface area contributed by atoms with Crippen LogP contribution in [0, 0.1) is 0 Å². The summed E-state index contributed by atoms with van der Waals surface area (Å²) in [5.74, 6) is -1.63. The quantitative estimate of drug-likeness (QED) is 0.524. The fraction of sp³-hybridized carbons (Fsp3) is 0.619. The van der Waals surface area contributed by atoms with Gasteiger partial charge in [-0.2, -0.15) is 0 Å². The molecule has 2 aliphatic rings. The molecule has 2 fully saturated rings. The number of rotatable bonds is 9. The number of anilines is 1. The fourth-order valence-electron chi connectivity index (χ4n) is 3.53. The number of aliphatic carboxylic acids is 1. The van der Waals surface area contributed by atoms with E-state index in [0.29, 0.717) is 17.9 Å². The number of ether oxygens (including phenoxy) is 4. The minimum absolute atomic E-state index is 0.0613. The van der Waals surface area contributed by atoms with Crippen molar-refractivity contribution in [2.45, 2.75) is 70.4 Å². The molecule has 0 unspecified atom stereocenters. The lowest BCUT2D eigenvalue weighted by Gasteiger charge is -2.26. The number of nitrogens with one attached hydrogen (secondary N) is 2. The molecule has 2 saturated heterocycles. The van der Waals surface area contributed by atoms with Crippen molar-refractivity contribution in [2.75, 3.05) is 18.5 Å². The van der Waals surface area contributed by atoms with Gasteiger partial charge in [0.15, 0.2) is 12.1 Å². The van der Waals surface area contributed by atoms with Crippen LogP contribution in [0.4, 0.5) is 10.5 Å². The number of unbranched alkanes of at least 4 members (excludes halogenated alkanes) is 1. The Morgan fingerprint density at radius 3 is 2.60 bits per heavy atom. The normalized spacial score (nSPS) is 26.9. The third-order valence-electron chi connectivity index (χ3n) is 4.93. The average Bonchev–Trinajstić information content (AvgIpc) is 3.13. The number of urea groups is 1. The van der Waals surface area contributed by atoms with Crippen molar-refractivity contribution in [3.63, 3.8) is 0 Å². The Morgan fingerprint density at radius 2 is 1.93 bits per heavy atom. The van der Waals surface area contributed by atoms with Gasteiger partial charge in [-0.15, -0.1) is 0 Å². The average molecular weight is 422 g/mol. The molecule has 4 atom stereocenters. The Kier molecular flexibility index (Phi) is 7.30. The maximum atomic E-state index is 12.3. The third kappa shape index (κ3) is 5.91. The summed E-state index contributed by atoms with van der Waals surface area (Å²) in [5.41, 5.74) is 1.23. The van der Waals surface area contributed by atoms with Crippen molar-refractivity contribution in [2.24, 2.45) is 0 Å². The highest BCUT2D eigenvalue weighted by atomic mass is 16.8. The predicted octanol–water partition coefficient (Wildman–Crippen LogP) is 2.50.